The highest BCUT2D eigenvalue weighted by Gasteiger charge is 2.09. The monoisotopic (exact) mass is 339 g/mol. The molecular weight excluding hydrogens is 314 g/mol. The lowest BCUT2D eigenvalue weighted by atomic mass is 10.1. The minimum atomic E-state index is -0.103. The second-order valence-corrected chi connectivity index (χ2v) is 6.15. The maximum absolute atomic E-state index is 12.1. The zero-order chi connectivity index (χ0) is 18.2. The van der Waals surface area contributed by atoms with Gasteiger partial charge in [0, 0.05) is 29.4 Å². The topological polar surface area (TPSA) is 84.2 Å². The smallest absolute Gasteiger partial charge is 0.251 e. The van der Waals surface area contributed by atoms with Crippen molar-refractivity contribution in [2.24, 2.45) is 0 Å². The van der Waals surface area contributed by atoms with Gasteiger partial charge in [-0.2, -0.15) is 0 Å². The fourth-order valence-corrected chi connectivity index (χ4v) is 2.34. The molecule has 1 unspecified atom stereocenters. The summed E-state index contributed by atoms with van der Waals surface area (Å²) in [5.41, 5.74) is 8.73. The molecule has 0 heterocycles. The van der Waals surface area contributed by atoms with Gasteiger partial charge in [-0.25, -0.2) is 0 Å². The number of carbonyl (C=O) groups excluding carboxylic acids is 2. The van der Waals surface area contributed by atoms with Crippen molar-refractivity contribution in [2.45, 2.75) is 39.2 Å². The number of hydrogen-bond acceptors (Lipinski definition) is 3. The molecule has 0 aliphatic rings. The van der Waals surface area contributed by atoms with Gasteiger partial charge < -0.3 is 16.4 Å². The molecule has 0 bridgehead atoms. The van der Waals surface area contributed by atoms with Crippen LogP contribution in [0.4, 0.5) is 11.4 Å². The molecule has 5 heteroatoms. The van der Waals surface area contributed by atoms with Gasteiger partial charge in [-0.1, -0.05) is 19.1 Å². The zero-order valence-electron chi connectivity index (χ0n) is 14.7. The van der Waals surface area contributed by atoms with Gasteiger partial charge in [0.05, 0.1) is 0 Å². The average Bonchev–Trinajstić information content (AvgIpc) is 2.60. The Kier molecular flexibility index (Phi) is 6.57. The molecule has 0 aliphatic carbocycles. The fourth-order valence-electron chi connectivity index (χ4n) is 2.34. The summed E-state index contributed by atoms with van der Waals surface area (Å²) in [7, 11) is 0. The fraction of sp³-hybridized carbons (Fsp3) is 0.300. The van der Waals surface area contributed by atoms with Crippen LogP contribution in [0, 0.1) is 0 Å². The van der Waals surface area contributed by atoms with Crippen LogP contribution < -0.4 is 16.4 Å². The number of hydrogen-bond donors (Lipinski definition) is 3. The Morgan fingerprint density at radius 3 is 2.48 bits per heavy atom. The Morgan fingerprint density at radius 2 is 1.84 bits per heavy atom. The van der Waals surface area contributed by atoms with Crippen LogP contribution in [0.15, 0.2) is 48.5 Å². The van der Waals surface area contributed by atoms with E-state index in [1.54, 1.807) is 24.3 Å². The molecule has 5 nitrogen and oxygen atoms in total. The van der Waals surface area contributed by atoms with Crippen LogP contribution in [0.5, 0.6) is 0 Å². The van der Waals surface area contributed by atoms with E-state index in [9.17, 15) is 9.59 Å². The van der Waals surface area contributed by atoms with E-state index in [1.807, 2.05) is 38.1 Å². The number of rotatable bonds is 7. The van der Waals surface area contributed by atoms with Crippen LogP contribution in [-0.2, 0) is 11.2 Å². The van der Waals surface area contributed by atoms with Crippen LogP contribution in [0.3, 0.4) is 0 Å². The molecule has 0 saturated heterocycles. The Hall–Kier alpha value is -2.82. The summed E-state index contributed by atoms with van der Waals surface area (Å²) in [5, 5.41) is 5.76. The zero-order valence-corrected chi connectivity index (χ0v) is 14.7. The Bertz CT molecular complexity index is 726. The second kappa shape index (κ2) is 8.87. The number of benzene rings is 2. The molecule has 0 fully saturated rings. The van der Waals surface area contributed by atoms with E-state index in [-0.39, 0.29) is 17.9 Å². The molecule has 2 amide bonds. The lowest BCUT2D eigenvalue weighted by molar-refractivity contribution is -0.116. The first-order chi connectivity index (χ1) is 12.0. The largest absolute Gasteiger partial charge is 0.399 e. The van der Waals surface area contributed by atoms with Crippen molar-refractivity contribution >= 4 is 23.2 Å². The van der Waals surface area contributed by atoms with Gasteiger partial charge in [0.2, 0.25) is 5.91 Å². The summed E-state index contributed by atoms with van der Waals surface area (Å²) in [6.45, 7) is 3.99. The van der Waals surface area contributed by atoms with Gasteiger partial charge in [0.1, 0.15) is 0 Å². The van der Waals surface area contributed by atoms with Crippen molar-refractivity contribution in [1.82, 2.24) is 5.32 Å². The van der Waals surface area contributed by atoms with Crippen molar-refractivity contribution in [3.05, 3.63) is 59.7 Å². The van der Waals surface area contributed by atoms with E-state index in [2.05, 4.69) is 10.6 Å². The van der Waals surface area contributed by atoms with E-state index in [4.69, 9.17) is 5.73 Å². The van der Waals surface area contributed by atoms with E-state index in [0.29, 0.717) is 29.8 Å². The van der Waals surface area contributed by atoms with Crippen LogP contribution >= 0.6 is 0 Å². The highest BCUT2D eigenvalue weighted by atomic mass is 16.2. The van der Waals surface area contributed by atoms with Gasteiger partial charge >= 0.3 is 0 Å². The number of anilines is 2. The van der Waals surface area contributed by atoms with Crippen LogP contribution in [-0.4, -0.2) is 17.9 Å². The second-order valence-electron chi connectivity index (χ2n) is 6.15. The Labute approximate surface area is 148 Å². The summed E-state index contributed by atoms with van der Waals surface area (Å²) in [6, 6.07) is 14.6. The quantitative estimate of drug-likeness (QED) is 0.676. The number of nitrogens with two attached hydrogens (primary N) is 1. The number of aryl methyl sites for hydroxylation is 1. The third kappa shape index (κ3) is 5.95. The van der Waals surface area contributed by atoms with Gasteiger partial charge in [0.15, 0.2) is 0 Å². The van der Waals surface area contributed by atoms with Crippen molar-refractivity contribution in [2.75, 3.05) is 11.1 Å². The molecule has 1 atom stereocenters. The third-order valence-electron chi connectivity index (χ3n) is 4.01. The molecule has 25 heavy (non-hydrogen) atoms. The van der Waals surface area contributed by atoms with Crippen LogP contribution in [0.25, 0.3) is 0 Å². The van der Waals surface area contributed by atoms with Crippen molar-refractivity contribution in [1.29, 1.82) is 0 Å². The van der Waals surface area contributed by atoms with Crippen molar-refractivity contribution in [3.63, 3.8) is 0 Å². The van der Waals surface area contributed by atoms with Gasteiger partial charge in [0.25, 0.3) is 5.91 Å². The minimum absolute atomic E-state index is 0.0702. The SMILES string of the molecule is CCC(C)NC(=O)c1ccc(NC(=O)CCc2cccc(N)c2)cc1. The summed E-state index contributed by atoms with van der Waals surface area (Å²) >= 11 is 0. The standard InChI is InChI=1S/C20H25N3O2/c1-3-14(2)22-20(25)16-8-10-18(11-9-16)23-19(24)12-7-15-5-4-6-17(21)13-15/h4-6,8-11,13-14H,3,7,12,21H2,1-2H3,(H,22,25)(H,23,24). The van der Waals surface area contributed by atoms with Gasteiger partial charge in [-0.05, 0) is 61.7 Å². The summed E-state index contributed by atoms with van der Waals surface area (Å²) in [4.78, 5) is 24.1. The predicted octanol–water partition coefficient (Wildman–Crippen LogP) is 3.37. The van der Waals surface area contributed by atoms with E-state index < -0.39 is 0 Å². The predicted molar refractivity (Wildman–Crippen MR) is 101 cm³/mol. The molecule has 0 saturated carbocycles. The number of nitrogen functional groups attached to an aromatic ring is 1. The van der Waals surface area contributed by atoms with Gasteiger partial charge in [-0.3, -0.25) is 9.59 Å². The Morgan fingerprint density at radius 1 is 1.12 bits per heavy atom. The number of carbonyl (C=O) groups is 2. The number of nitrogens with one attached hydrogen (secondary N) is 2. The van der Waals surface area contributed by atoms with E-state index >= 15 is 0 Å². The van der Waals surface area contributed by atoms with Crippen molar-refractivity contribution < 1.29 is 9.59 Å². The van der Waals surface area contributed by atoms with E-state index in [0.717, 1.165) is 12.0 Å². The highest BCUT2D eigenvalue weighted by molar-refractivity contribution is 5.96. The summed E-state index contributed by atoms with van der Waals surface area (Å²) in [6.07, 6.45) is 1.89. The highest BCUT2D eigenvalue weighted by Crippen LogP contribution is 2.12. The van der Waals surface area contributed by atoms with Crippen LogP contribution in [0.1, 0.15) is 42.6 Å². The molecule has 0 aromatic heterocycles. The average molecular weight is 339 g/mol. The number of amides is 2. The van der Waals surface area contributed by atoms with Crippen LogP contribution in [0.2, 0.25) is 0 Å². The molecular formula is C20H25N3O2. The lowest BCUT2D eigenvalue weighted by Crippen LogP contribution is -2.31. The normalized spacial score (nSPS) is 11.6. The van der Waals surface area contributed by atoms with Gasteiger partial charge in [-0.15, -0.1) is 0 Å². The molecule has 132 valence electrons. The summed E-state index contributed by atoms with van der Waals surface area (Å²) < 4.78 is 0. The lowest BCUT2D eigenvalue weighted by Gasteiger charge is -2.12. The minimum Gasteiger partial charge on any atom is -0.399 e. The van der Waals surface area contributed by atoms with E-state index in [1.165, 1.54) is 0 Å². The molecule has 2 aromatic rings. The molecule has 2 aromatic carbocycles. The first-order valence-corrected chi connectivity index (χ1v) is 8.53. The first-order valence-electron chi connectivity index (χ1n) is 8.53. The molecule has 4 N–H and O–H groups in total. The molecule has 0 radical (unpaired) electrons. The molecule has 2 rings (SSSR count). The summed E-state index contributed by atoms with van der Waals surface area (Å²) in [5.74, 6) is -0.173. The Balaban J connectivity index is 1.85. The maximum atomic E-state index is 12.1. The third-order valence-corrected chi connectivity index (χ3v) is 4.01. The first kappa shape index (κ1) is 18.5. The maximum Gasteiger partial charge on any atom is 0.251 e. The van der Waals surface area contributed by atoms with Crippen molar-refractivity contribution in [3.8, 4) is 0 Å². The molecule has 0 aliphatic heterocycles. The molecule has 0 spiro atoms.